The van der Waals surface area contributed by atoms with Gasteiger partial charge in [0.2, 0.25) is 0 Å². The highest BCUT2D eigenvalue weighted by Crippen LogP contribution is 2.20. The second-order valence-corrected chi connectivity index (χ2v) is 6.09. The Morgan fingerprint density at radius 1 is 0.966 bits per heavy atom. The summed E-state index contributed by atoms with van der Waals surface area (Å²) in [7, 11) is 1.56. The van der Waals surface area contributed by atoms with Crippen molar-refractivity contribution in [1.82, 2.24) is 20.6 Å². The average Bonchev–Trinajstić information content (AvgIpc) is 2.76. The fourth-order valence-corrected chi connectivity index (χ4v) is 2.63. The summed E-state index contributed by atoms with van der Waals surface area (Å²) in [5.41, 5.74) is 1.06. The molecular formula is C21H20N4O4. The quantitative estimate of drug-likeness (QED) is 0.529. The molecule has 0 saturated heterocycles. The Morgan fingerprint density at radius 3 is 2.28 bits per heavy atom. The summed E-state index contributed by atoms with van der Waals surface area (Å²) >= 11 is 0. The van der Waals surface area contributed by atoms with E-state index in [0.29, 0.717) is 22.6 Å². The first kappa shape index (κ1) is 19.8. The average molecular weight is 392 g/mol. The molecule has 3 aromatic rings. The zero-order chi connectivity index (χ0) is 20.6. The van der Waals surface area contributed by atoms with Crippen molar-refractivity contribution < 1.29 is 14.3 Å². The molecule has 3 rings (SSSR count). The molecule has 0 saturated carbocycles. The third-order valence-electron chi connectivity index (χ3n) is 4.11. The summed E-state index contributed by atoms with van der Waals surface area (Å²) < 4.78 is 5.11. The van der Waals surface area contributed by atoms with E-state index in [1.807, 2.05) is 6.07 Å². The lowest BCUT2D eigenvalue weighted by atomic mass is 10.1. The number of hydrogen-bond donors (Lipinski definition) is 3. The lowest BCUT2D eigenvalue weighted by Gasteiger charge is -2.08. The molecule has 1 aromatic heterocycles. The molecule has 29 heavy (non-hydrogen) atoms. The van der Waals surface area contributed by atoms with E-state index >= 15 is 0 Å². The van der Waals surface area contributed by atoms with Crippen LogP contribution >= 0.6 is 0 Å². The molecule has 0 bridgehead atoms. The topological polar surface area (TPSA) is 113 Å². The van der Waals surface area contributed by atoms with Crippen LogP contribution in [0.15, 0.2) is 65.5 Å². The van der Waals surface area contributed by atoms with Gasteiger partial charge < -0.3 is 20.4 Å². The predicted molar refractivity (Wildman–Crippen MR) is 108 cm³/mol. The molecule has 0 aliphatic carbocycles. The molecule has 0 aliphatic rings. The largest absolute Gasteiger partial charge is 0.497 e. The summed E-state index contributed by atoms with van der Waals surface area (Å²) in [6.07, 6.45) is 0. The Labute approximate surface area is 167 Å². The molecular weight excluding hydrogens is 372 g/mol. The molecule has 8 heteroatoms. The van der Waals surface area contributed by atoms with E-state index < -0.39 is 11.6 Å². The summed E-state index contributed by atoms with van der Waals surface area (Å²) in [6, 6.07) is 17.3. The molecule has 8 nitrogen and oxygen atoms in total. The molecule has 0 radical (unpaired) electrons. The highest BCUT2D eigenvalue weighted by Gasteiger charge is 2.11. The van der Waals surface area contributed by atoms with Crippen LogP contribution in [-0.2, 0) is 0 Å². The summed E-state index contributed by atoms with van der Waals surface area (Å²) in [5, 5.41) is 5.37. The van der Waals surface area contributed by atoms with Gasteiger partial charge in [0.1, 0.15) is 11.4 Å². The van der Waals surface area contributed by atoms with Crippen LogP contribution in [0.3, 0.4) is 0 Å². The maximum Gasteiger partial charge on any atom is 0.346 e. The first-order valence-corrected chi connectivity index (χ1v) is 8.94. The van der Waals surface area contributed by atoms with Crippen molar-refractivity contribution in [2.75, 3.05) is 20.2 Å². The van der Waals surface area contributed by atoms with Crippen LogP contribution in [-0.4, -0.2) is 42.0 Å². The molecule has 2 amide bonds. The number of ether oxygens (including phenoxy) is 1. The minimum atomic E-state index is -0.624. The van der Waals surface area contributed by atoms with E-state index in [4.69, 9.17) is 4.74 Å². The lowest BCUT2D eigenvalue weighted by molar-refractivity contribution is 0.0925. The number of methoxy groups -OCH3 is 1. The number of nitrogens with zero attached hydrogens (tertiary/aromatic N) is 1. The third-order valence-corrected chi connectivity index (χ3v) is 4.11. The van der Waals surface area contributed by atoms with Crippen molar-refractivity contribution in [1.29, 1.82) is 0 Å². The number of rotatable bonds is 7. The Balaban J connectivity index is 1.59. The number of benzene rings is 2. The fourth-order valence-electron chi connectivity index (χ4n) is 2.63. The summed E-state index contributed by atoms with van der Waals surface area (Å²) in [5.74, 6) is -0.0127. The number of aromatic nitrogens is 2. The molecule has 0 unspecified atom stereocenters. The normalized spacial score (nSPS) is 10.2. The van der Waals surface area contributed by atoms with Gasteiger partial charge in [0.15, 0.2) is 0 Å². The molecule has 2 aromatic carbocycles. The van der Waals surface area contributed by atoms with Gasteiger partial charge in [-0.15, -0.1) is 0 Å². The van der Waals surface area contributed by atoms with Gasteiger partial charge in [-0.05, 0) is 42.5 Å². The van der Waals surface area contributed by atoms with Gasteiger partial charge in [-0.3, -0.25) is 9.59 Å². The van der Waals surface area contributed by atoms with Gasteiger partial charge in [0, 0.05) is 24.2 Å². The molecule has 0 fully saturated rings. The number of carbonyl (C=O) groups is 2. The zero-order valence-corrected chi connectivity index (χ0v) is 15.8. The maximum absolute atomic E-state index is 12.4. The fraction of sp³-hybridized carbons (Fsp3) is 0.143. The minimum Gasteiger partial charge on any atom is -0.497 e. The Kier molecular flexibility index (Phi) is 6.36. The van der Waals surface area contributed by atoms with Gasteiger partial charge in [-0.1, -0.05) is 18.2 Å². The van der Waals surface area contributed by atoms with Crippen LogP contribution in [0.1, 0.15) is 20.8 Å². The smallest absolute Gasteiger partial charge is 0.346 e. The third kappa shape index (κ3) is 5.29. The first-order valence-electron chi connectivity index (χ1n) is 8.94. The Hall–Kier alpha value is -3.94. The van der Waals surface area contributed by atoms with Crippen molar-refractivity contribution >= 4 is 11.8 Å². The SMILES string of the molecule is COc1ccc(-c2cc(C(=O)NCCNC(=O)c3ccccc3)[nH]c(=O)n2)cc1. The van der Waals surface area contributed by atoms with Crippen molar-refractivity contribution in [3.63, 3.8) is 0 Å². The Morgan fingerprint density at radius 2 is 1.62 bits per heavy atom. The molecule has 3 N–H and O–H groups in total. The van der Waals surface area contributed by atoms with Gasteiger partial charge >= 0.3 is 5.69 Å². The predicted octanol–water partition coefficient (Wildman–Crippen LogP) is 1.61. The number of aromatic amines is 1. The van der Waals surface area contributed by atoms with E-state index in [-0.39, 0.29) is 24.7 Å². The number of H-pyrrole nitrogens is 1. The van der Waals surface area contributed by atoms with E-state index in [1.165, 1.54) is 6.07 Å². The second kappa shape index (κ2) is 9.32. The first-order chi connectivity index (χ1) is 14.1. The number of carbonyl (C=O) groups excluding carboxylic acids is 2. The number of amides is 2. The van der Waals surface area contributed by atoms with Crippen LogP contribution in [0.5, 0.6) is 5.75 Å². The molecule has 1 heterocycles. The van der Waals surface area contributed by atoms with E-state index in [1.54, 1.807) is 55.6 Å². The lowest BCUT2D eigenvalue weighted by Crippen LogP contribution is -2.35. The van der Waals surface area contributed by atoms with Crippen molar-refractivity contribution in [3.05, 3.63) is 82.4 Å². The summed E-state index contributed by atoms with van der Waals surface area (Å²) in [4.78, 5) is 42.5. The minimum absolute atomic E-state index is 0.0882. The highest BCUT2D eigenvalue weighted by atomic mass is 16.5. The van der Waals surface area contributed by atoms with Gasteiger partial charge in [-0.2, -0.15) is 4.98 Å². The molecule has 0 aliphatic heterocycles. The highest BCUT2D eigenvalue weighted by molar-refractivity contribution is 5.94. The molecule has 0 spiro atoms. The second-order valence-electron chi connectivity index (χ2n) is 6.09. The van der Waals surface area contributed by atoms with Crippen LogP contribution in [0, 0.1) is 0 Å². The van der Waals surface area contributed by atoms with E-state index in [9.17, 15) is 14.4 Å². The van der Waals surface area contributed by atoms with Crippen molar-refractivity contribution in [2.24, 2.45) is 0 Å². The van der Waals surface area contributed by atoms with E-state index in [2.05, 4.69) is 20.6 Å². The zero-order valence-electron chi connectivity index (χ0n) is 15.8. The van der Waals surface area contributed by atoms with Crippen LogP contribution in [0.25, 0.3) is 11.3 Å². The number of hydrogen-bond acceptors (Lipinski definition) is 5. The van der Waals surface area contributed by atoms with Gasteiger partial charge in [-0.25, -0.2) is 4.79 Å². The van der Waals surface area contributed by atoms with Gasteiger partial charge in [0.25, 0.3) is 11.8 Å². The maximum atomic E-state index is 12.4. The monoisotopic (exact) mass is 392 g/mol. The summed E-state index contributed by atoms with van der Waals surface area (Å²) in [6.45, 7) is 0.458. The van der Waals surface area contributed by atoms with Crippen molar-refractivity contribution in [2.45, 2.75) is 0 Å². The van der Waals surface area contributed by atoms with Crippen LogP contribution in [0.4, 0.5) is 0 Å². The number of nitrogens with one attached hydrogen (secondary N) is 3. The van der Waals surface area contributed by atoms with Gasteiger partial charge in [0.05, 0.1) is 12.8 Å². The van der Waals surface area contributed by atoms with E-state index in [0.717, 1.165) is 0 Å². The van der Waals surface area contributed by atoms with Crippen LogP contribution < -0.4 is 21.1 Å². The molecule has 0 atom stereocenters. The van der Waals surface area contributed by atoms with Crippen LogP contribution in [0.2, 0.25) is 0 Å². The Bertz CT molecular complexity index is 1050. The van der Waals surface area contributed by atoms with Crippen molar-refractivity contribution in [3.8, 4) is 17.0 Å². The standard InChI is InChI=1S/C21H20N4O4/c1-29-16-9-7-14(8-10-16)17-13-18(25-21(28)24-17)20(27)23-12-11-22-19(26)15-5-3-2-4-6-15/h2-10,13H,11-12H2,1H3,(H,22,26)(H,23,27)(H,24,25,28). The molecule has 148 valence electrons.